The van der Waals surface area contributed by atoms with Crippen LogP contribution in [0.15, 0.2) is 35.6 Å². The van der Waals surface area contributed by atoms with Crippen LogP contribution >= 0.6 is 0 Å². The van der Waals surface area contributed by atoms with Gasteiger partial charge < -0.3 is 14.2 Å². The summed E-state index contributed by atoms with van der Waals surface area (Å²) in [6.45, 7) is 3.47. The van der Waals surface area contributed by atoms with Gasteiger partial charge in [-0.3, -0.25) is 4.79 Å². The topological polar surface area (TPSA) is 81.5 Å². The van der Waals surface area contributed by atoms with Crippen LogP contribution in [-0.2, 0) is 38.2 Å². The van der Waals surface area contributed by atoms with E-state index in [-0.39, 0.29) is 22.7 Å². The van der Waals surface area contributed by atoms with Gasteiger partial charge in [0, 0.05) is 25.6 Å². The third-order valence-electron chi connectivity index (χ3n) is 5.87. The maximum atomic E-state index is 14.1. The lowest BCUT2D eigenvalue weighted by Gasteiger charge is -2.23. The summed E-state index contributed by atoms with van der Waals surface area (Å²) in [4.78, 5) is 18.1. The smallest absolute Gasteiger partial charge is 0.228 e. The monoisotopic (exact) mass is 449 g/mol. The van der Waals surface area contributed by atoms with Crippen molar-refractivity contribution in [2.45, 2.75) is 62.7 Å². The number of ether oxygens (including phenoxy) is 1. The third kappa shape index (κ3) is 5.33. The number of benzene rings is 1. The van der Waals surface area contributed by atoms with Crippen molar-refractivity contribution < 1.29 is 22.3 Å². The van der Waals surface area contributed by atoms with Gasteiger partial charge >= 0.3 is 0 Å². The fraction of sp³-hybridized carbons (Fsp3) is 0.545. The van der Waals surface area contributed by atoms with E-state index in [9.17, 15) is 17.6 Å². The molecule has 2 fully saturated rings. The Hall–Kier alpha value is -2.26. The van der Waals surface area contributed by atoms with Gasteiger partial charge in [0.2, 0.25) is 20.9 Å². The fourth-order valence-electron chi connectivity index (χ4n) is 3.95. The van der Waals surface area contributed by atoms with Crippen LogP contribution < -0.4 is 0 Å². The van der Waals surface area contributed by atoms with Crippen molar-refractivity contribution in [3.05, 3.63) is 47.5 Å². The molecule has 0 radical (unpaired) electrons. The van der Waals surface area contributed by atoms with E-state index in [1.807, 2.05) is 0 Å². The second-order valence-corrected chi connectivity index (χ2v) is 10.4. The zero-order valence-electron chi connectivity index (χ0n) is 17.7. The second-order valence-electron chi connectivity index (χ2n) is 8.47. The summed E-state index contributed by atoms with van der Waals surface area (Å²) in [5, 5.41) is -0.101. The highest BCUT2D eigenvalue weighted by Gasteiger charge is 2.30. The van der Waals surface area contributed by atoms with Crippen molar-refractivity contribution in [3.63, 3.8) is 0 Å². The Morgan fingerprint density at radius 2 is 2.06 bits per heavy atom. The lowest BCUT2D eigenvalue weighted by atomic mass is 10.2. The molecule has 2 aromatic rings. The number of sulfone groups is 1. The van der Waals surface area contributed by atoms with Crippen LogP contribution in [0, 0.1) is 11.7 Å². The standard InChI is InChI=1S/C22H28FN3O4S/c1-16(27)25(12-17-8-9-17)13-19-11-24-22(26(19)14-20-6-4-10-30-20)31(28,29)15-18-5-2-3-7-21(18)23/h2-3,5,7,11,17,20H,4,6,8-10,12-15H2,1H3/t20-/m1/s1. The van der Waals surface area contributed by atoms with Crippen LogP contribution in [-0.4, -0.2) is 48.0 Å². The Balaban J connectivity index is 1.64. The zero-order chi connectivity index (χ0) is 22.0. The lowest BCUT2D eigenvalue weighted by molar-refractivity contribution is -0.129. The first kappa shape index (κ1) is 22.0. The summed E-state index contributed by atoms with van der Waals surface area (Å²) in [5.74, 6) is -0.564. The molecule has 4 rings (SSSR count). The molecule has 0 unspecified atom stereocenters. The summed E-state index contributed by atoms with van der Waals surface area (Å²) in [7, 11) is -3.90. The first-order chi connectivity index (χ1) is 14.8. The first-order valence-electron chi connectivity index (χ1n) is 10.7. The molecule has 7 nitrogen and oxygen atoms in total. The van der Waals surface area contributed by atoms with E-state index >= 15 is 0 Å². The van der Waals surface area contributed by atoms with Gasteiger partial charge in [0.05, 0.1) is 36.8 Å². The van der Waals surface area contributed by atoms with Gasteiger partial charge in [-0.2, -0.15) is 0 Å². The Labute approximate surface area is 182 Å². The van der Waals surface area contributed by atoms with Crippen molar-refractivity contribution in [1.82, 2.24) is 14.5 Å². The Morgan fingerprint density at radius 1 is 1.29 bits per heavy atom. The van der Waals surface area contributed by atoms with Crippen LogP contribution in [0.3, 0.4) is 0 Å². The molecule has 1 saturated carbocycles. The Bertz CT molecular complexity index is 1040. The predicted molar refractivity (Wildman–Crippen MR) is 112 cm³/mol. The average Bonchev–Trinajstić information content (AvgIpc) is 3.21. The summed E-state index contributed by atoms with van der Waals surface area (Å²) < 4.78 is 47.9. The van der Waals surface area contributed by atoms with E-state index in [1.54, 1.807) is 15.5 Å². The van der Waals surface area contributed by atoms with Crippen LogP contribution in [0.5, 0.6) is 0 Å². The van der Waals surface area contributed by atoms with Gasteiger partial charge in [0.15, 0.2) is 0 Å². The van der Waals surface area contributed by atoms with Gasteiger partial charge in [0.1, 0.15) is 5.82 Å². The van der Waals surface area contributed by atoms with E-state index in [0.717, 1.165) is 25.7 Å². The molecule has 0 bridgehead atoms. The van der Waals surface area contributed by atoms with Crippen molar-refractivity contribution in [2.75, 3.05) is 13.2 Å². The van der Waals surface area contributed by atoms with Gasteiger partial charge in [-0.15, -0.1) is 0 Å². The zero-order valence-corrected chi connectivity index (χ0v) is 18.5. The van der Waals surface area contributed by atoms with E-state index in [4.69, 9.17) is 4.74 Å². The molecule has 1 atom stereocenters. The third-order valence-corrected chi connectivity index (χ3v) is 7.44. The molecular formula is C22H28FN3O4S. The average molecular weight is 450 g/mol. The molecule has 2 heterocycles. The molecular weight excluding hydrogens is 421 g/mol. The molecule has 1 aromatic heterocycles. The van der Waals surface area contributed by atoms with E-state index < -0.39 is 21.4 Å². The molecule has 0 N–H and O–H groups in total. The number of imidazole rings is 1. The van der Waals surface area contributed by atoms with Gasteiger partial charge in [0.25, 0.3) is 0 Å². The molecule has 1 saturated heterocycles. The number of hydrogen-bond acceptors (Lipinski definition) is 5. The van der Waals surface area contributed by atoms with Crippen LogP contribution in [0.1, 0.15) is 43.9 Å². The molecule has 2 aliphatic rings. The minimum atomic E-state index is -3.90. The molecule has 9 heteroatoms. The molecule has 1 aromatic carbocycles. The summed E-state index contributed by atoms with van der Waals surface area (Å²) >= 11 is 0. The van der Waals surface area contributed by atoms with Crippen molar-refractivity contribution in [1.29, 1.82) is 0 Å². The lowest BCUT2D eigenvalue weighted by Crippen LogP contribution is -2.32. The molecule has 0 spiro atoms. The number of carbonyl (C=O) groups is 1. The van der Waals surface area contributed by atoms with Crippen molar-refractivity contribution in [3.8, 4) is 0 Å². The number of rotatable bonds is 9. The SMILES string of the molecule is CC(=O)N(Cc1cnc(S(=O)(=O)Cc2ccccc2F)n1C[C@H]1CCCO1)CC1CC1. The highest BCUT2D eigenvalue weighted by Crippen LogP contribution is 2.30. The predicted octanol–water partition coefficient (Wildman–Crippen LogP) is 2.93. The molecule has 1 aliphatic heterocycles. The van der Waals surface area contributed by atoms with Gasteiger partial charge in [-0.25, -0.2) is 17.8 Å². The number of aromatic nitrogens is 2. The van der Waals surface area contributed by atoms with Gasteiger partial charge in [-0.1, -0.05) is 18.2 Å². The van der Waals surface area contributed by atoms with E-state index in [0.29, 0.717) is 37.9 Å². The molecule has 1 amide bonds. The molecule has 1 aliphatic carbocycles. The summed E-state index contributed by atoms with van der Waals surface area (Å²) in [6.07, 6.45) is 5.40. The minimum absolute atomic E-state index is 0.0486. The number of amides is 1. The van der Waals surface area contributed by atoms with Crippen molar-refractivity contribution >= 4 is 15.7 Å². The highest BCUT2D eigenvalue weighted by molar-refractivity contribution is 7.90. The minimum Gasteiger partial charge on any atom is -0.376 e. The maximum Gasteiger partial charge on any atom is 0.228 e. The number of hydrogen-bond donors (Lipinski definition) is 0. The summed E-state index contributed by atoms with van der Waals surface area (Å²) in [5.41, 5.74) is 0.758. The second kappa shape index (κ2) is 9.08. The Morgan fingerprint density at radius 3 is 2.71 bits per heavy atom. The largest absolute Gasteiger partial charge is 0.376 e. The quantitative estimate of drug-likeness (QED) is 0.588. The highest BCUT2D eigenvalue weighted by atomic mass is 32.2. The maximum absolute atomic E-state index is 14.1. The van der Waals surface area contributed by atoms with Gasteiger partial charge in [-0.05, 0) is 37.7 Å². The number of nitrogens with zero attached hydrogens (tertiary/aromatic N) is 3. The van der Waals surface area contributed by atoms with E-state index in [1.165, 1.54) is 31.3 Å². The Kier molecular flexibility index (Phi) is 6.43. The normalized spacial score (nSPS) is 19.0. The fourth-order valence-corrected chi connectivity index (χ4v) is 5.46. The first-order valence-corrected chi connectivity index (χ1v) is 12.4. The number of carbonyl (C=O) groups excluding carboxylic acids is 1. The van der Waals surface area contributed by atoms with Crippen LogP contribution in [0.25, 0.3) is 0 Å². The van der Waals surface area contributed by atoms with E-state index in [2.05, 4.69) is 4.98 Å². The van der Waals surface area contributed by atoms with Crippen molar-refractivity contribution in [2.24, 2.45) is 5.92 Å². The summed E-state index contributed by atoms with van der Waals surface area (Å²) in [6, 6.07) is 5.85. The van der Waals surface area contributed by atoms with Crippen LogP contribution in [0.2, 0.25) is 0 Å². The molecule has 31 heavy (non-hydrogen) atoms. The number of halogens is 1. The van der Waals surface area contributed by atoms with Crippen LogP contribution in [0.4, 0.5) is 4.39 Å². The molecule has 168 valence electrons.